The average Bonchev–Trinajstić information content (AvgIpc) is 2.86. The lowest BCUT2D eigenvalue weighted by atomic mass is 10.0. The molecule has 3 rings (SSSR count). The number of para-hydroxylation sites is 1. The minimum atomic E-state index is -0.498. The zero-order valence-corrected chi connectivity index (χ0v) is 13.0. The smallest absolute Gasteiger partial charge is 0.0912 e. The van der Waals surface area contributed by atoms with Gasteiger partial charge in [-0.1, -0.05) is 48.5 Å². The van der Waals surface area contributed by atoms with Gasteiger partial charge in [-0.3, -0.25) is 0 Å². The molecule has 0 aliphatic rings. The van der Waals surface area contributed by atoms with E-state index >= 15 is 0 Å². The van der Waals surface area contributed by atoms with Crippen LogP contribution in [0.15, 0.2) is 60.8 Å². The summed E-state index contributed by atoms with van der Waals surface area (Å²) in [6, 6.07) is 18.4. The molecule has 2 atom stereocenters. The predicted octanol–water partition coefficient (Wildman–Crippen LogP) is 3.12. The van der Waals surface area contributed by atoms with E-state index in [1.165, 1.54) is 10.9 Å². The fourth-order valence-electron chi connectivity index (χ4n) is 3.15. The highest BCUT2D eigenvalue weighted by Gasteiger charge is 2.24. The topological polar surface area (TPSA) is 37.2 Å². The number of aromatic nitrogens is 1. The average molecular weight is 294 g/mol. The summed E-state index contributed by atoms with van der Waals surface area (Å²) in [6.45, 7) is 2.66. The van der Waals surface area contributed by atoms with E-state index in [4.69, 9.17) is 0 Å². The van der Waals surface area contributed by atoms with Crippen LogP contribution in [0.2, 0.25) is 0 Å². The molecule has 3 heteroatoms. The summed E-state index contributed by atoms with van der Waals surface area (Å²) in [5.41, 5.74) is 3.50. The molecule has 0 saturated heterocycles. The van der Waals surface area contributed by atoms with Crippen LogP contribution in [0.4, 0.5) is 0 Å². The van der Waals surface area contributed by atoms with Crippen molar-refractivity contribution in [2.75, 3.05) is 13.6 Å². The SMILES string of the molecule is CNC[C@H](O)[C@H](c1ccccc1)n1cc(C)c2ccccc21. The highest BCUT2D eigenvalue weighted by molar-refractivity contribution is 5.84. The standard InChI is InChI=1S/C19H22N2O/c1-14-13-21(17-11-7-6-10-16(14)17)19(18(22)12-20-2)15-8-4-3-5-9-15/h3-11,13,18-20,22H,12H2,1-2H3/t18-,19-/m0/s1. The monoisotopic (exact) mass is 294 g/mol. The van der Waals surface area contributed by atoms with E-state index in [1.807, 2.05) is 31.3 Å². The lowest BCUT2D eigenvalue weighted by Gasteiger charge is -2.26. The molecule has 2 aromatic carbocycles. The van der Waals surface area contributed by atoms with Gasteiger partial charge in [0.15, 0.2) is 0 Å². The summed E-state index contributed by atoms with van der Waals surface area (Å²) in [7, 11) is 1.87. The summed E-state index contributed by atoms with van der Waals surface area (Å²) in [5.74, 6) is 0. The van der Waals surface area contributed by atoms with Crippen LogP contribution in [0.3, 0.4) is 0 Å². The van der Waals surface area contributed by atoms with Crippen LogP contribution >= 0.6 is 0 Å². The van der Waals surface area contributed by atoms with E-state index < -0.39 is 6.10 Å². The maximum Gasteiger partial charge on any atom is 0.0912 e. The first-order valence-electron chi connectivity index (χ1n) is 7.66. The van der Waals surface area contributed by atoms with Gasteiger partial charge >= 0.3 is 0 Å². The highest BCUT2D eigenvalue weighted by Crippen LogP contribution is 2.29. The summed E-state index contributed by atoms with van der Waals surface area (Å²) in [6.07, 6.45) is 1.64. The van der Waals surface area contributed by atoms with Crippen molar-refractivity contribution in [1.29, 1.82) is 0 Å². The van der Waals surface area contributed by atoms with Crippen molar-refractivity contribution in [3.63, 3.8) is 0 Å². The largest absolute Gasteiger partial charge is 0.389 e. The van der Waals surface area contributed by atoms with Crippen LogP contribution in [-0.4, -0.2) is 29.4 Å². The van der Waals surface area contributed by atoms with E-state index in [0.717, 1.165) is 11.1 Å². The third-order valence-electron chi connectivity index (χ3n) is 4.16. The van der Waals surface area contributed by atoms with Gasteiger partial charge in [-0.2, -0.15) is 0 Å². The molecule has 2 N–H and O–H groups in total. The van der Waals surface area contributed by atoms with Crippen LogP contribution in [0.1, 0.15) is 17.2 Å². The predicted molar refractivity (Wildman–Crippen MR) is 91.2 cm³/mol. The molecular formula is C19H22N2O. The number of likely N-dealkylation sites (N-methyl/N-ethyl adjacent to an activating group) is 1. The van der Waals surface area contributed by atoms with Crippen LogP contribution < -0.4 is 5.32 Å². The highest BCUT2D eigenvalue weighted by atomic mass is 16.3. The second kappa shape index (κ2) is 6.34. The molecular weight excluding hydrogens is 272 g/mol. The normalized spacial score (nSPS) is 14.1. The Morgan fingerprint density at radius 2 is 1.73 bits per heavy atom. The van der Waals surface area contributed by atoms with E-state index in [9.17, 15) is 5.11 Å². The molecule has 0 bridgehead atoms. The number of aliphatic hydroxyl groups is 1. The molecule has 0 radical (unpaired) electrons. The second-order valence-corrected chi connectivity index (χ2v) is 5.72. The number of hydrogen-bond donors (Lipinski definition) is 2. The summed E-state index contributed by atoms with van der Waals surface area (Å²) in [4.78, 5) is 0. The zero-order valence-electron chi connectivity index (χ0n) is 13.0. The van der Waals surface area contributed by atoms with Gasteiger partial charge in [-0.05, 0) is 31.2 Å². The Hall–Kier alpha value is -2.10. The fraction of sp³-hybridized carbons (Fsp3) is 0.263. The van der Waals surface area contributed by atoms with E-state index in [1.54, 1.807) is 0 Å². The fourth-order valence-corrected chi connectivity index (χ4v) is 3.15. The summed E-state index contributed by atoms with van der Waals surface area (Å²) < 4.78 is 2.20. The number of nitrogens with one attached hydrogen (secondary N) is 1. The van der Waals surface area contributed by atoms with Gasteiger partial charge in [0.1, 0.15) is 0 Å². The van der Waals surface area contributed by atoms with Gasteiger partial charge in [0.2, 0.25) is 0 Å². The minimum Gasteiger partial charge on any atom is -0.389 e. The van der Waals surface area contributed by atoms with E-state index in [2.05, 4.69) is 53.3 Å². The number of aliphatic hydroxyl groups excluding tert-OH is 1. The number of fused-ring (bicyclic) bond motifs is 1. The molecule has 0 saturated carbocycles. The third-order valence-corrected chi connectivity index (χ3v) is 4.16. The molecule has 0 aliphatic heterocycles. The van der Waals surface area contributed by atoms with E-state index in [-0.39, 0.29) is 6.04 Å². The molecule has 0 fully saturated rings. The van der Waals surface area contributed by atoms with Crippen molar-refractivity contribution >= 4 is 10.9 Å². The Bertz CT molecular complexity index is 748. The Morgan fingerprint density at radius 1 is 1.05 bits per heavy atom. The number of aryl methyl sites for hydroxylation is 1. The van der Waals surface area contributed by atoms with Crippen LogP contribution in [0, 0.1) is 6.92 Å². The van der Waals surface area contributed by atoms with E-state index in [0.29, 0.717) is 6.54 Å². The summed E-state index contributed by atoms with van der Waals surface area (Å²) >= 11 is 0. The van der Waals surface area contributed by atoms with Gasteiger partial charge in [0, 0.05) is 23.6 Å². The van der Waals surface area contributed by atoms with Crippen molar-refractivity contribution in [3.05, 3.63) is 71.9 Å². The molecule has 22 heavy (non-hydrogen) atoms. The van der Waals surface area contributed by atoms with Gasteiger partial charge in [-0.15, -0.1) is 0 Å². The molecule has 1 aromatic heterocycles. The van der Waals surface area contributed by atoms with Crippen molar-refractivity contribution in [2.45, 2.75) is 19.1 Å². The number of hydrogen-bond acceptors (Lipinski definition) is 2. The Labute approximate surface area is 131 Å². The first-order valence-corrected chi connectivity index (χ1v) is 7.66. The maximum atomic E-state index is 10.7. The van der Waals surface area contributed by atoms with Crippen molar-refractivity contribution in [1.82, 2.24) is 9.88 Å². The lowest BCUT2D eigenvalue weighted by Crippen LogP contribution is -2.33. The van der Waals surface area contributed by atoms with Crippen molar-refractivity contribution in [2.24, 2.45) is 0 Å². The number of nitrogens with zero attached hydrogens (tertiary/aromatic N) is 1. The Morgan fingerprint density at radius 3 is 2.45 bits per heavy atom. The lowest BCUT2D eigenvalue weighted by molar-refractivity contribution is 0.132. The first kappa shape index (κ1) is 14.8. The molecule has 114 valence electrons. The maximum absolute atomic E-state index is 10.7. The van der Waals surface area contributed by atoms with Gasteiger partial charge in [0.05, 0.1) is 12.1 Å². The zero-order chi connectivity index (χ0) is 15.5. The first-order chi connectivity index (χ1) is 10.7. The molecule has 0 amide bonds. The van der Waals surface area contributed by atoms with Crippen molar-refractivity contribution in [3.8, 4) is 0 Å². The second-order valence-electron chi connectivity index (χ2n) is 5.72. The Balaban J connectivity index is 2.16. The van der Waals surface area contributed by atoms with Crippen LogP contribution in [-0.2, 0) is 0 Å². The van der Waals surface area contributed by atoms with Crippen LogP contribution in [0.5, 0.6) is 0 Å². The van der Waals surface area contributed by atoms with Gasteiger partial charge < -0.3 is 15.0 Å². The number of benzene rings is 2. The minimum absolute atomic E-state index is 0.104. The summed E-state index contributed by atoms with van der Waals surface area (Å²) in [5, 5.41) is 15.0. The van der Waals surface area contributed by atoms with Crippen molar-refractivity contribution < 1.29 is 5.11 Å². The quantitative estimate of drug-likeness (QED) is 0.758. The molecule has 1 heterocycles. The molecule has 0 aliphatic carbocycles. The molecule has 0 unspecified atom stereocenters. The molecule has 3 nitrogen and oxygen atoms in total. The van der Waals surface area contributed by atoms with Crippen LogP contribution in [0.25, 0.3) is 10.9 Å². The van der Waals surface area contributed by atoms with Gasteiger partial charge in [0.25, 0.3) is 0 Å². The third kappa shape index (κ3) is 2.65. The molecule has 3 aromatic rings. The number of rotatable bonds is 5. The van der Waals surface area contributed by atoms with Gasteiger partial charge in [-0.25, -0.2) is 0 Å². The Kier molecular flexibility index (Phi) is 4.27. The molecule has 0 spiro atoms.